The van der Waals surface area contributed by atoms with Gasteiger partial charge < -0.3 is 19.5 Å². The predicted molar refractivity (Wildman–Crippen MR) is 105 cm³/mol. The molecule has 0 unspecified atom stereocenters. The molecule has 2 aromatic carbocycles. The number of amides is 1. The summed E-state index contributed by atoms with van der Waals surface area (Å²) in [5, 5.41) is 13.2. The number of hydrogen-bond donors (Lipinski definition) is 1. The molecule has 0 fully saturated rings. The number of ether oxygens (including phenoxy) is 3. The van der Waals surface area contributed by atoms with Crippen LogP contribution in [0.3, 0.4) is 0 Å². The van der Waals surface area contributed by atoms with E-state index in [1.165, 1.54) is 13.2 Å². The van der Waals surface area contributed by atoms with Crippen molar-refractivity contribution in [2.45, 2.75) is 6.42 Å². The third-order valence-corrected chi connectivity index (χ3v) is 4.21. The van der Waals surface area contributed by atoms with Crippen LogP contribution in [0.5, 0.6) is 11.5 Å². The highest BCUT2D eigenvalue weighted by Crippen LogP contribution is 2.27. The van der Waals surface area contributed by atoms with Gasteiger partial charge in [0.25, 0.3) is 11.6 Å². The number of nitrogens with one attached hydrogen (secondary N) is 1. The summed E-state index contributed by atoms with van der Waals surface area (Å²) in [6.07, 6.45) is 0.536. The Labute approximate surface area is 171 Å². The minimum absolute atomic E-state index is 0.0598. The van der Waals surface area contributed by atoms with Crippen molar-refractivity contribution in [2.24, 2.45) is 0 Å². The summed E-state index contributed by atoms with van der Waals surface area (Å²) in [6, 6.07) is 8.78. The van der Waals surface area contributed by atoms with Crippen LogP contribution in [0.15, 0.2) is 36.4 Å². The van der Waals surface area contributed by atoms with E-state index in [1.54, 1.807) is 13.2 Å². The van der Waals surface area contributed by atoms with Gasteiger partial charge in [0.1, 0.15) is 0 Å². The van der Waals surface area contributed by atoms with E-state index in [2.05, 4.69) is 5.32 Å². The number of halogens is 1. The molecule has 0 aliphatic rings. The fraction of sp³-hybridized carbons (Fsp3) is 0.263. The molecule has 2 aromatic rings. The van der Waals surface area contributed by atoms with Gasteiger partial charge in [-0.2, -0.15) is 0 Å². The van der Waals surface area contributed by atoms with Gasteiger partial charge in [-0.05, 0) is 30.2 Å². The van der Waals surface area contributed by atoms with Crippen LogP contribution in [-0.2, 0) is 16.0 Å². The summed E-state index contributed by atoms with van der Waals surface area (Å²) in [5.74, 6) is -0.140. The second-order valence-electron chi connectivity index (χ2n) is 5.79. The van der Waals surface area contributed by atoms with Crippen LogP contribution < -0.4 is 14.8 Å². The first-order chi connectivity index (χ1) is 13.8. The Kier molecular flexibility index (Phi) is 7.79. The minimum atomic E-state index is -0.847. The van der Waals surface area contributed by atoms with Crippen molar-refractivity contribution in [3.05, 3.63) is 62.7 Å². The fourth-order valence-electron chi connectivity index (χ4n) is 2.43. The lowest BCUT2D eigenvalue weighted by molar-refractivity contribution is -0.384. The summed E-state index contributed by atoms with van der Waals surface area (Å²) in [5.41, 5.74) is 0.618. The van der Waals surface area contributed by atoms with Crippen molar-refractivity contribution < 1.29 is 28.7 Å². The minimum Gasteiger partial charge on any atom is -0.493 e. The van der Waals surface area contributed by atoms with Crippen molar-refractivity contribution >= 4 is 29.2 Å². The number of methoxy groups -OCH3 is 2. The van der Waals surface area contributed by atoms with Crippen LogP contribution in [0.2, 0.25) is 5.02 Å². The van der Waals surface area contributed by atoms with Gasteiger partial charge in [0.05, 0.1) is 29.7 Å². The number of nitro groups is 1. The van der Waals surface area contributed by atoms with Crippen molar-refractivity contribution in [3.8, 4) is 11.5 Å². The Morgan fingerprint density at radius 3 is 2.45 bits per heavy atom. The van der Waals surface area contributed by atoms with E-state index in [1.807, 2.05) is 12.1 Å². The predicted octanol–water partition coefficient (Wildman–Crippen LogP) is 2.78. The lowest BCUT2D eigenvalue weighted by Crippen LogP contribution is -2.30. The SMILES string of the molecule is COc1ccc(CCNC(=O)COC(=O)c2ccc([N+](=O)[O-])cc2Cl)cc1OC. The van der Waals surface area contributed by atoms with E-state index in [9.17, 15) is 19.7 Å². The molecule has 2 rings (SSSR count). The van der Waals surface area contributed by atoms with E-state index in [-0.39, 0.29) is 16.3 Å². The van der Waals surface area contributed by atoms with Gasteiger partial charge >= 0.3 is 5.97 Å². The van der Waals surface area contributed by atoms with Crippen LogP contribution in [0.25, 0.3) is 0 Å². The van der Waals surface area contributed by atoms with Crippen molar-refractivity contribution in [3.63, 3.8) is 0 Å². The maximum atomic E-state index is 12.0. The molecule has 0 radical (unpaired) electrons. The number of nitrogens with zero attached hydrogens (tertiary/aromatic N) is 1. The van der Waals surface area contributed by atoms with Crippen LogP contribution in [0, 0.1) is 10.1 Å². The topological polar surface area (TPSA) is 117 Å². The lowest BCUT2D eigenvalue weighted by Gasteiger charge is -2.10. The second-order valence-corrected chi connectivity index (χ2v) is 6.19. The van der Waals surface area contributed by atoms with Crippen LogP contribution in [0.4, 0.5) is 5.69 Å². The number of esters is 1. The number of nitro benzene ring substituents is 1. The molecule has 29 heavy (non-hydrogen) atoms. The zero-order valence-corrected chi connectivity index (χ0v) is 16.5. The Morgan fingerprint density at radius 2 is 1.83 bits per heavy atom. The second kappa shape index (κ2) is 10.3. The quantitative estimate of drug-likeness (QED) is 0.375. The third-order valence-electron chi connectivity index (χ3n) is 3.90. The Hall–Kier alpha value is -3.33. The van der Waals surface area contributed by atoms with Crippen LogP contribution >= 0.6 is 11.6 Å². The lowest BCUT2D eigenvalue weighted by atomic mass is 10.1. The van der Waals surface area contributed by atoms with Gasteiger partial charge in [-0.15, -0.1) is 0 Å². The Balaban J connectivity index is 1.81. The fourth-order valence-corrected chi connectivity index (χ4v) is 2.68. The molecule has 0 saturated heterocycles. The first-order valence-corrected chi connectivity index (χ1v) is 8.82. The number of non-ortho nitro benzene ring substituents is 1. The number of hydrogen-bond acceptors (Lipinski definition) is 7. The van der Waals surface area contributed by atoms with Crippen molar-refractivity contribution in [1.29, 1.82) is 0 Å². The maximum Gasteiger partial charge on any atom is 0.340 e. The summed E-state index contributed by atoms with van der Waals surface area (Å²) in [7, 11) is 3.08. The highest BCUT2D eigenvalue weighted by molar-refractivity contribution is 6.33. The molecule has 0 aromatic heterocycles. The molecule has 0 atom stereocenters. The molecule has 154 valence electrons. The summed E-state index contributed by atoms with van der Waals surface area (Å²) in [4.78, 5) is 33.9. The largest absolute Gasteiger partial charge is 0.493 e. The van der Waals surface area contributed by atoms with Crippen LogP contribution in [0.1, 0.15) is 15.9 Å². The Bertz CT molecular complexity index is 917. The van der Waals surface area contributed by atoms with Crippen molar-refractivity contribution in [1.82, 2.24) is 5.32 Å². The first kappa shape index (κ1) is 22.0. The van der Waals surface area contributed by atoms with Gasteiger partial charge in [-0.3, -0.25) is 14.9 Å². The molecule has 0 saturated carbocycles. The summed E-state index contributed by atoms with van der Waals surface area (Å²) in [6.45, 7) is -0.178. The maximum absolute atomic E-state index is 12.0. The smallest absolute Gasteiger partial charge is 0.340 e. The molecule has 0 aliphatic heterocycles. The highest BCUT2D eigenvalue weighted by Gasteiger charge is 2.17. The van der Waals surface area contributed by atoms with Gasteiger partial charge in [0.2, 0.25) is 0 Å². The molecule has 0 spiro atoms. The average Bonchev–Trinajstić information content (AvgIpc) is 2.71. The van der Waals surface area contributed by atoms with Gasteiger partial charge in [-0.25, -0.2) is 4.79 Å². The normalized spacial score (nSPS) is 10.2. The van der Waals surface area contributed by atoms with Crippen molar-refractivity contribution in [2.75, 3.05) is 27.4 Å². The van der Waals surface area contributed by atoms with E-state index in [0.717, 1.165) is 17.7 Å². The average molecular weight is 423 g/mol. The summed E-state index contributed by atoms with van der Waals surface area (Å²) >= 11 is 5.86. The highest BCUT2D eigenvalue weighted by atomic mass is 35.5. The number of carbonyl (C=O) groups excluding carboxylic acids is 2. The number of carbonyl (C=O) groups is 2. The Morgan fingerprint density at radius 1 is 1.10 bits per heavy atom. The molecule has 1 amide bonds. The molecule has 0 heterocycles. The molecule has 0 aliphatic carbocycles. The third kappa shape index (κ3) is 6.08. The molecule has 1 N–H and O–H groups in total. The molecule has 0 bridgehead atoms. The van der Waals surface area contributed by atoms with E-state index in [0.29, 0.717) is 24.5 Å². The monoisotopic (exact) mass is 422 g/mol. The molecule has 10 heteroatoms. The van der Waals surface area contributed by atoms with Gasteiger partial charge in [0.15, 0.2) is 18.1 Å². The number of rotatable bonds is 9. The standard InChI is InChI=1S/C19H19ClN2O7/c1-27-16-6-3-12(9-17(16)28-2)7-8-21-18(23)11-29-19(24)14-5-4-13(22(25)26)10-15(14)20/h3-6,9-10H,7-8,11H2,1-2H3,(H,21,23). The number of benzene rings is 2. The molecule has 9 nitrogen and oxygen atoms in total. The molecular weight excluding hydrogens is 404 g/mol. The first-order valence-electron chi connectivity index (χ1n) is 8.44. The van der Waals surface area contributed by atoms with E-state index < -0.39 is 23.4 Å². The zero-order valence-electron chi connectivity index (χ0n) is 15.8. The van der Waals surface area contributed by atoms with Gasteiger partial charge in [-0.1, -0.05) is 17.7 Å². The van der Waals surface area contributed by atoms with Gasteiger partial charge in [0, 0.05) is 18.7 Å². The van der Waals surface area contributed by atoms with E-state index in [4.69, 9.17) is 25.8 Å². The molecular formula is C19H19ClN2O7. The zero-order chi connectivity index (χ0) is 21.4. The van der Waals surface area contributed by atoms with E-state index >= 15 is 0 Å². The summed E-state index contributed by atoms with van der Waals surface area (Å²) < 4.78 is 15.3. The van der Waals surface area contributed by atoms with Crippen LogP contribution in [-0.4, -0.2) is 44.2 Å².